The summed E-state index contributed by atoms with van der Waals surface area (Å²) in [7, 11) is 0. The maximum Gasteiger partial charge on any atom is 0.273 e. The maximum atomic E-state index is 12.4. The fourth-order valence-corrected chi connectivity index (χ4v) is 2.94. The van der Waals surface area contributed by atoms with Crippen LogP contribution in [0.3, 0.4) is 0 Å². The van der Waals surface area contributed by atoms with Crippen molar-refractivity contribution in [1.29, 1.82) is 0 Å². The van der Waals surface area contributed by atoms with Gasteiger partial charge in [0.15, 0.2) is 0 Å². The van der Waals surface area contributed by atoms with Crippen LogP contribution >= 0.6 is 0 Å². The van der Waals surface area contributed by atoms with Crippen LogP contribution in [0.2, 0.25) is 0 Å². The predicted octanol–water partition coefficient (Wildman–Crippen LogP) is 1.76. The Hall–Kier alpha value is -1.95. The molecule has 1 amide bonds. The maximum absolute atomic E-state index is 12.4. The molecule has 0 radical (unpaired) electrons. The first-order chi connectivity index (χ1) is 10.0. The van der Waals surface area contributed by atoms with Crippen LogP contribution in [0.1, 0.15) is 25.3 Å². The Morgan fingerprint density at radius 1 is 1.48 bits per heavy atom. The summed E-state index contributed by atoms with van der Waals surface area (Å²) >= 11 is 0. The summed E-state index contributed by atoms with van der Waals surface area (Å²) in [6, 6.07) is 6.11. The SMILES string of the molecule is CC1CCCN(C(=O)Cc2ccccc2[N+](=O)[O-])C1CO. The van der Waals surface area contributed by atoms with E-state index in [-0.39, 0.29) is 36.6 Å². The lowest BCUT2D eigenvalue weighted by molar-refractivity contribution is -0.385. The van der Waals surface area contributed by atoms with Crippen LogP contribution in [-0.2, 0) is 11.2 Å². The number of aliphatic hydroxyl groups excluding tert-OH is 1. The van der Waals surface area contributed by atoms with E-state index >= 15 is 0 Å². The summed E-state index contributed by atoms with van der Waals surface area (Å²) in [5, 5.41) is 20.5. The number of likely N-dealkylation sites (tertiary alicyclic amines) is 1. The summed E-state index contributed by atoms with van der Waals surface area (Å²) in [4.78, 5) is 24.6. The van der Waals surface area contributed by atoms with E-state index in [2.05, 4.69) is 0 Å². The van der Waals surface area contributed by atoms with E-state index < -0.39 is 4.92 Å². The van der Waals surface area contributed by atoms with Gasteiger partial charge in [0.1, 0.15) is 0 Å². The quantitative estimate of drug-likeness (QED) is 0.677. The predicted molar refractivity (Wildman–Crippen MR) is 77.8 cm³/mol. The molecule has 1 fully saturated rings. The van der Waals surface area contributed by atoms with Gasteiger partial charge in [-0.1, -0.05) is 25.1 Å². The van der Waals surface area contributed by atoms with Gasteiger partial charge in [0.2, 0.25) is 5.91 Å². The lowest BCUT2D eigenvalue weighted by Crippen LogP contribution is -2.50. The largest absolute Gasteiger partial charge is 0.394 e. The average Bonchev–Trinajstić information content (AvgIpc) is 2.47. The third kappa shape index (κ3) is 3.39. The number of nitrogens with zero attached hydrogens (tertiary/aromatic N) is 2. The van der Waals surface area contributed by atoms with E-state index in [4.69, 9.17) is 0 Å². The molecule has 1 heterocycles. The van der Waals surface area contributed by atoms with Gasteiger partial charge in [0.05, 0.1) is 24.0 Å². The minimum absolute atomic E-state index is 0.000370. The zero-order valence-corrected chi connectivity index (χ0v) is 12.1. The van der Waals surface area contributed by atoms with Crippen LogP contribution in [0.5, 0.6) is 0 Å². The lowest BCUT2D eigenvalue weighted by Gasteiger charge is -2.39. The lowest BCUT2D eigenvalue weighted by atomic mass is 9.90. The van der Waals surface area contributed by atoms with Crippen molar-refractivity contribution in [3.05, 3.63) is 39.9 Å². The Bertz CT molecular complexity index is 532. The Morgan fingerprint density at radius 3 is 2.86 bits per heavy atom. The summed E-state index contributed by atoms with van der Waals surface area (Å²) in [6.07, 6.45) is 1.89. The zero-order valence-electron chi connectivity index (χ0n) is 12.1. The Balaban J connectivity index is 2.16. The fourth-order valence-electron chi connectivity index (χ4n) is 2.94. The molecule has 0 bridgehead atoms. The molecule has 1 aromatic carbocycles. The molecule has 114 valence electrons. The molecule has 1 aliphatic heterocycles. The van der Waals surface area contributed by atoms with Crippen molar-refractivity contribution in [2.24, 2.45) is 5.92 Å². The number of rotatable bonds is 4. The van der Waals surface area contributed by atoms with Crippen molar-refractivity contribution in [1.82, 2.24) is 4.90 Å². The summed E-state index contributed by atoms with van der Waals surface area (Å²) < 4.78 is 0. The van der Waals surface area contributed by atoms with Gasteiger partial charge in [0.25, 0.3) is 5.69 Å². The van der Waals surface area contributed by atoms with Crippen molar-refractivity contribution < 1.29 is 14.8 Å². The molecule has 1 aliphatic rings. The number of benzene rings is 1. The van der Waals surface area contributed by atoms with Gasteiger partial charge in [-0.2, -0.15) is 0 Å². The van der Waals surface area contributed by atoms with Crippen LogP contribution in [0, 0.1) is 16.0 Å². The number of nitro groups is 1. The number of carbonyl (C=O) groups excluding carboxylic acids is 1. The van der Waals surface area contributed by atoms with E-state index in [1.54, 1.807) is 23.1 Å². The van der Waals surface area contributed by atoms with E-state index in [1.807, 2.05) is 6.92 Å². The number of nitro benzene ring substituents is 1. The molecule has 21 heavy (non-hydrogen) atoms. The molecule has 2 unspecified atom stereocenters. The van der Waals surface area contributed by atoms with Crippen LogP contribution < -0.4 is 0 Å². The van der Waals surface area contributed by atoms with Gasteiger partial charge >= 0.3 is 0 Å². The minimum Gasteiger partial charge on any atom is -0.394 e. The molecule has 2 rings (SSSR count). The number of para-hydroxylation sites is 1. The number of hydrogen-bond donors (Lipinski definition) is 1. The van der Waals surface area contributed by atoms with Crippen LogP contribution in [-0.4, -0.2) is 40.0 Å². The second kappa shape index (κ2) is 6.67. The highest BCUT2D eigenvalue weighted by atomic mass is 16.6. The highest BCUT2D eigenvalue weighted by Crippen LogP contribution is 2.25. The molecule has 2 atom stereocenters. The summed E-state index contributed by atoms with van der Waals surface area (Å²) in [5.41, 5.74) is 0.388. The van der Waals surface area contributed by atoms with Crippen LogP contribution in [0.25, 0.3) is 0 Å². The zero-order chi connectivity index (χ0) is 15.4. The molecule has 1 saturated heterocycles. The molecule has 0 aliphatic carbocycles. The summed E-state index contributed by atoms with van der Waals surface area (Å²) in [6.45, 7) is 2.56. The van der Waals surface area contributed by atoms with Crippen molar-refractivity contribution in [2.75, 3.05) is 13.2 Å². The standard InChI is InChI=1S/C15H20N2O4/c1-11-5-4-8-16(14(11)10-18)15(19)9-12-6-2-3-7-13(12)17(20)21/h2-3,6-7,11,14,18H,4-5,8-10H2,1H3. The van der Waals surface area contributed by atoms with Crippen molar-refractivity contribution in [2.45, 2.75) is 32.2 Å². The van der Waals surface area contributed by atoms with E-state index in [0.29, 0.717) is 12.1 Å². The van der Waals surface area contributed by atoms with Gasteiger partial charge in [-0.05, 0) is 18.8 Å². The molecular formula is C15H20N2O4. The van der Waals surface area contributed by atoms with Gasteiger partial charge in [-0.25, -0.2) is 0 Å². The van der Waals surface area contributed by atoms with Gasteiger partial charge in [0, 0.05) is 18.2 Å². The van der Waals surface area contributed by atoms with Gasteiger partial charge in [-0.3, -0.25) is 14.9 Å². The molecule has 0 saturated carbocycles. The number of aliphatic hydroxyl groups is 1. The van der Waals surface area contributed by atoms with E-state index in [1.165, 1.54) is 6.07 Å². The third-order valence-electron chi connectivity index (χ3n) is 4.15. The van der Waals surface area contributed by atoms with Gasteiger partial charge < -0.3 is 10.0 Å². The second-order valence-electron chi connectivity index (χ2n) is 5.52. The van der Waals surface area contributed by atoms with Crippen molar-refractivity contribution >= 4 is 11.6 Å². The topological polar surface area (TPSA) is 83.7 Å². The van der Waals surface area contributed by atoms with Crippen molar-refractivity contribution in [3.8, 4) is 0 Å². The second-order valence-corrected chi connectivity index (χ2v) is 5.52. The normalized spacial score (nSPS) is 22.1. The van der Waals surface area contributed by atoms with Gasteiger partial charge in [-0.15, -0.1) is 0 Å². The molecule has 6 heteroatoms. The molecule has 0 spiro atoms. The number of carbonyl (C=O) groups is 1. The average molecular weight is 292 g/mol. The number of amides is 1. The smallest absolute Gasteiger partial charge is 0.273 e. The fraction of sp³-hybridized carbons (Fsp3) is 0.533. The molecule has 1 aromatic rings. The first kappa shape index (κ1) is 15.4. The van der Waals surface area contributed by atoms with E-state index in [0.717, 1.165) is 12.8 Å². The third-order valence-corrected chi connectivity index (χ3v) is 4.15. The highest BCUT2D eigenvalue weighted by Gasteiger charge is 2.31. The summed E-state index contributed by atoms with van der Waals surface area (Å²) in [5.74, 6) is 0.0911. The first-order valence-corrected chi connectivity index (χ1v) is 7.17. The first-order valence-electron chi connectivity index (χ1n) is 7.17. The molecule has 1 N–H and O–H groups in total. The molecule has 6 nitrogen and oxygen atoms in total. The Morgan fingerprint density at radius 2 is 2.19 bits per heavy atom. The van der Waals surface area contributed by atoms with Crippen LogP contribution in [0.4, 0.5) is 5.69 Å². The highest BCUT2D eigenvalue weighted by molar-refractivity contribution is 5.80. The van der Waals surface area contributed by atoms with Crippen LogP contribution in [0.15, 0.2) is 24.3 Å². The number of piperidine rings is 1. The molecule has 0 aromatic heterocycles. The van der Waals surface area contributed by atoms with E-state index in [9.17, 15) is 20.0 Å². The van der Waals surface area contributed by atoms with Crippen molar-refractivity contribution in [3.63, 3.8) is 0 Å². The monoisotopic (exact) mass is 292 g/mol. The number of hydrogen-bond acceptors (Lipinski definition) is 4. The Labute approximate surface area is 123 Å². The minimum atomic E-state index is -0.467. The molecular weight excluding hydrogens is 272 g/mol. The Kier molecular flexibility index (Phi) is 4.90.